The molecular formula is C28H26N4O2. The third kappa shape index (κ3) is 4.22. The predicted molar refractivity (Wildman–Crippen MR) is 135 cm³/mol. The van der Waals surface area contributed by atoms with E-state index in [2.05, 4.69) is 17.3 Å². The summed E-state index contributed by atoms with van der Waals surface area (Å²) in [7, 11) is 0. The van der Waals surface area contributed by atoms with Gasteiger partial charge in [-0.3, -0.25) is 9.59 Å². The topological polar surface area (TPSA) is 68.9 Å². The molecule has 1 amide bonds. The van der Waals surface area contributed by atoms with Crippen molar-refractivity contribution in [1.29, 1.82) is 0 Å². The van der Waals surface area contributed by atoms with Crippen LogP contribution in [0.1, 0.15) is 24.0 Å². The summed E-state index contributed by atoms with van der Waals surface area (Å²) < 4.78 is 3.28. The van der Waals surface area contributed by atoms with E-state index >= 15 is 0 Å². The Morgan fingerprint density at radius 1 is 0.912 bits per heavy atom. The average Bonchev–Trinajstić information content (AvgIpc) is 3.19. The van der Waals surface area contributed by atoms with Crippen molar-refractivity contribution in [2.45, 2.75) is 25.9 Å². The second-order valence-electron chi connectivity index (χ2n) is 8.57. The average molecular weight is 451 g/mol. The van der Waals surface area contributed by atoms with Gasteiger partial charge >= 0.3 is 0 Å². The van der Waals surface area contributed by atoms with Crippen molar-refractivity contribution in [2.24, 2.45) is 0 Å². The molecule has 1 atom stereocenters. The molecule has 1 unspecified atom stereocenters. The smallest absolute Gasteiger partial charge is 0.291 e. The third-order valence-corrected chi connectivity index (χ3v) is 6.22. The molecule has 6 heteroatoms. The highest BCUT2D eigenvalue weighted by Gasteiger charge is 2.17. The minimum absolute atomic E-state index is 0.122. The van der Waals surface area contributed by atoms with Gasteiger partial charge in [0.2, 0.25) is 5.91 Å². The lowest BCUT2D eigenvalue weighted by Crippen LogP contribution is -2.35. The molecule has 6 nitrogen and oxygen atoms in total. The lowest BCUT2D eigenvalue weighted by molar-refractivity contribution is -0.121. The van der Waals surface area contributed by atoms with Crippen LogP contribution in [0.15, 0.2) is 95.9 Å². The van der Waals surface area contributed by atoms with Gasteiger partial charge in [0, 0.05) is 29.4 Å². The zero-order valence-electron chi connectivity index (χ0n) is 19.0. The number of hydrogen-bond acceptors (Lipinski definition) is 3. The summed E-state index contributed by atoms with van der Waals surface area (Å²) in [5, 5.41) is 9.05. The Labute approximate surface area is 197 Å². The Morgan fingerprint density at radius 2 is 1.59 bits per heavy atom. The zero-order chi connectivity index (χ0) is 23.5. The number of para-hydroxylation sites is 1. The number of benzene rings is 3. The fraction of sp³-hybridized carbons (Fsp3) is 0.179. The first-order chi connectivity index (χ1) is 16.6. The molecule has 0 fully saturated rings. The van der Waals surface area contributed by atoms with Crippen LogP contribution in [0.3, 0.4) is 0 Å². The molecular weight excluding hydrogens is 424 g/mol. The molecule has 34 heavy (non-hydrogen) atoms. The van der Waals surface area contributed by atoms with Gasteiger partial charge in [-0.05, 0) is 23.1 Å². The van der Waals surface area contributed by atoms with Crippen LogP contribution in [0.4, 0.5) is 0 Å². The van der Waals surface area contributed by atoms with Crippen molar-refractivity contribution in [3.63, 3.8) is 0 Å². The van der Waals surface area contributed by atoms with Gasteiger partial charge in [-0.2, -0.15) is 5.10 Å². The van der Waals surface area contributed by atoms with Gasteiger partial charge < -0.3 is 9.88 Å². The largest absolute Gasteiger partial charge is 0.354 e. The van der Waals surface area contributed by atoms with E-state index < -0.39 is 0 Å². The van der Waals surface area contributed by atoms with Gasteiger partial charge in [0.1, 0.15) is 12.1 Å². The van der Waals surface area contributed by atoms with E-state index in [9.17, 15) is 9.59 Å². The van der Waals surface area contributed by atoms with Crippen molar-refractivity contribution in [3.05, 3.63) is 113 Å². The fourth-order valence-corrected chi connectivity index (χ4v) is 4.39. The van der Waals surface area contributed by atoms with Gasteiger partial charge in [-0.1, -0.05) is 85.8 Å². The Hall–Kier alpha value is -4.19. The summed E-state index contributed by atoms with van der Waals surface area (Å²) in [6.45, 7) is 3.00. The molecule has 170 valence electrons. The summed E-state index contributed by atoms with van der Waals surface area (Å²) in [5.41, 5.74) is 3.52. The normalized spacial score (nSPS) is 12.1. The zero-order valence-corrected chi connectivity index (χ0v) is 19.0. The quantitative estimate of drug-likeness (QED) is 0.402. The van der Waals surface area contributed by atoms with E-state index in [1.54, 1.807) is 6.20 Å². The molecule has 3 aromatic carbocycles. The highest BCUT2D eigenvalue weighted by Crippen LogP contribution is 2.27. The standard InChI is InChI=1S/C28H26N4O2/c1-20(22-12-6-3-7-13-22)16-29-26(33)19-32-28(34)27-24(17-30-32)23-14-8-9-15-25(23)31(27)18-21-10-4-2-5-11-21/h2-15,17,20H,16,18-19H2,1H3,(H,29,33). The Balaban J connectivity index is 1.44. The van der Waals surface area contributed by atoms with Crippen molar-refractivity contribution >= 4 is 27.7 Å². The molecule has 0 aliphatic carbocycles. The first-order valence-corrected chi connectivity index (χ1v) is 11.4. The summed E-state index contributed by atoms with van der Waals surface area (Å²) in [6, 6.07) is 28.0. The molecule has 0 saturated heterocycles. The van der Waals surface area contributed by atoms with E-state index in [1.807, 2.05) is 89.5 Å². The molecule has 5 aromatic rings. The monoisotopic (exact) mass is 450 g/mol. The Kier molecular flexibility index (Phi) is 5.95. The summed E-state index contributed by atoms with van der Waals surface area (Å²) in [5.74, 6) is -0.0619. The van der Waals surface area contributed by atoms with Crippen molar-refractivity contribution in [1.82, 2.24) is 19.7 Å². The highest BCUT2D eigenvalue weighted by atomic mass is 16.2. The van der Waals surface area contributed by atoms with Crippen LogP contribution in [-0.2, 0) is 17.9 Å². The summed E-state index contributed by atoms with van der Waals surface area (Å²) >= 11 is 0. The number of rotatable bonds is 7. The van der Waals surface area contributed by atoms with Crippen LogP contribution >= 0.6 is 0 Å². The molecule has 0 bridgehead atoms. The van der Waals surface area contributed by atoms with Gasteiger partial charge in [-0.15, -0.1) is 0 Å². The number of aromatic nitrogens is 3. The molecule has 2 aromatic heterocycles. The minimum atomic E-state index is -0.268. The van der Waals surface area contributed by atoms with E-state index in [0.717, 1.165) is 27.4 Å². The molecule has 0 aliphatic heterocycles. The van der Waals surface area contributed by atoms with Crippen LogP contribution in [0.25, 0.3) is 21.8 Å². The predicted octanol–water partition coefficient (Wildman–Crippen LogP) is 4.32. The third-order valence-electron chi connectivity index (χ3n) is 6.22. The van der Waals surface area contributed by atoms with Gasteiger partial charge in [0.05, 0.1) is 6.20 Å². The molecule has 0 aliphatic rings. The minimum Gasteiger partial charge on any atom is -0.354 e. The highest BCUT2D eigenvalue weighted by molar-refractivity contribution is 6.07. The second kappa shape index (κ2) is 9.35. The number of nitrogens with zero attached hydrogens (tertiary/aromatic N) is 3. The van der Waals surface area contributed by atoms with Crippen LogP contribution < -0.4 is 10.9 Å². The van der Waals surface area contributed by atoms with Gasteiger partial charge in [-0.25, -0.2) is 4.68 Å². The number of carbonyl (C=O) groups is 1. The van der Waals surface area contributed by atoms with E-state index in [4.69, 9.17) is 0 Å². The van der Waals surface area contributed by atoms with Crippen LogP contribution in [0.5, 0.6) is 0 Å². The SMILES string of the molecule is CC(CNC(=O)Cn1ncc2c3ccccc3n(Cc3ccccc3)c2c1=O)c1ccccc1. The molecule has 2 heterocycles. The van der Waals surface area contributed by atoms with Crippen molar-refractivity contribution in [3.8, 4) is 0 Å². The maximum Gasteiger partial charge on any atom is 0.291 e. The lowest BCUT2D eigenvalue weighted by Gasteiger charge is -2.13. The maximum atomic E-state index is 13.5. The Bertz CT molecular complexity index is 1500. The summed E-state index contributed by atoms with van der Waals surface area (Å²) in [4.78, 5) is 26.2. The van der Waals surface area contributed by atoms with E-state index in [-0.39, 0.29) is 23.9 Å². The first-order valence-electron chi connectivity index (χ1n) is 11.4. The van der Waals surface area contributed by atoms with Crippen LogP contribution in [0, 0.1) is 0 Å². The first kappa shape index (κ1) is 21.6. The lowest BCUT2D eigenvalue weighted by atomic mass is 10.0. The number of carbonyl (C=O) groups excluding carboxylic acids is 1. The van der Waals surface area contributed by atoms with Gasteiger partial charge in [0.15, 0.2) is 0 Å². The number of hydrogen-bond donors (Lipinski definition) is 1. The van der Waals surface area contributed by atoms with Crippen LogP contribution in [-0.4, -0.2) is 26.8 Å². The van der Waals surface area contributed by atoms with Crippen LogP contribution in [0.2, 0.25) is 0 Å². The molecule has 0 saturated carbocycles. The Morgan fingerprint density at radius 3 is 2.35 bits per heavy atom. The van der Waals surface area contributed by atoms with E-state index in [0.29, 0.717) is 18.6 Å². The van der Waals surface area contributed by atoms with Crippen molar-refractivity contribution < 1.29 is 4.79 Å². The molecule has 0 spiro atoms. The van der Waals surface area contributed by atoms with Gasteiger partial charge in [0.25, 0.3) is 5.56 Å². The second-order valence-corrected chi connectivity index (χ2v) is 8.57. The number of fused-ring (bicyclic) bond motifs is 3. The molecule has 1 N–H and O–H groups in total. The van der Waals surface area contributed by atoms with Crippen molar-refractivity contribution in [2.75, 3.05) is 6.54 Å². The summed E-state index contributed by atoms with van der Waals surface area (Å²) in [6.07, 6.45) is 1.69. The number of amides is 1. The molecule has 5 rings (SSSR count). The maximum absolute atomic E-state index is 13.5. The van der Waals surface area contributed by atoms with E-state index in [1.165, 1.54) is 4.68 Å². The fourth-order valence-electron chi connectivity index (χ4n) is 4.39. The molecule has 0 radical (unpaired) electrons. The number of nitrogens with one attached hydrogen (secondary N) is 1.